The van der Waals surface area contributed by atoms with Gasteiger partial charge in [-0.05, 0) is 40.2 Å². The van der Waals surface area contributed by atoms with Crippen molar-refractivity contribution in [2.45, 2.75) is 0 Å². The maximum Gasteiger partial charge on any atom is 0.232 e. The number of nitrogen functional groups attached to an aromatic ring is 1. The first-order valence-electron chi connectivity index (χ1n) is 5.14. The molecule has 0 saturated heterocycles. The summed E-state index contributed by atoms with van der Waals surface area (Å²) in [5.74, 6) is 0.888. The lowest BCUT2D eigenvalue weighted by Crippen LogP contribution is -2.14. The molecule has 0 aliphatic heterocycles. The first-order valence-corrected chi connectivity index (χ1v) is 5.93. The van der Waals surface area contributed by atoms with Crippen LogP contribution < -0.4 is 10.6 Å². The van der Waals surface area contributed by atoms with E-state index >= 15 is 0 Å². The second-order valence-electron chi connectivity index (χ2n) is 3.63. The minimum atomic E-state index is 0.396. The smallest absolute Gasteiger partial charge is 0.232 e. The van der Waals surface area contributed by atoms with Crippen LogP contribution >= 0.6 is 15.9 Å². The average Bonchev–Trinajstić information content (AvgIpc) is 2.37. The molecule has 1 aromatic heterocycles. The third-order valence-electron chi connectivity index (χ3n) is 2.39. The van der Waals surface area contributed by atoms with Crippen LogP contribution in [0.4, 0.5) is 17.5 Å². The van der Waals surface area contributed by atoms with Gasteiger partial charge in [-0.3, -0.25) is 0 Å². The van der Waals surface area contributed by atoms with E-state index in [1.54, 1.807) is 23.1 Å². The maximum absolute atomic E-state index is 8.75. The molecule has 1 heterocycles. The largest absolute Gasteiger partial charge is 0.383 e. The van der Waals surface area contributed by atoms with Crippen LogP contribution in [0.5, 0.6) is 0 Å². The quantitative estimate of drug-likeness (QED) is 0.862. The molecule has 2 rings (SSSR count). The highest BCUT2D eigenvalue weighted by molar-refractivity contribution is 9.10. The predicted octanol–water partition coefficient (Wildman–Crippen LogP) is 2.46. The third kappa shape index (κ3) is 2.57. The topological polar surface area (TPSA) is 78.8 Å². The van der Waals surface area contributed by atoms with Gasteiger partial charge < -0.3 is 10.6 Å². The van der Waals surface area contributed by atoms with Crippen molar-refractivity contribution in [1.29, 1.82) is 5.26 Å². The van der Waals surface area contributed by atoms with Crippen LogP contribution in [0.15, 0.2) is 34.9 Å². The summed E-state index contributed by atoms with van der Waals surface area (Å²) in [4.78, 5) is 10.2. The molecule has 0 unspecified atom stereocenters. The monoisotopic (exact) mass is 303 g/mol. The normalized spacial score (nSPS) is 9.83. The number of benzene rings is 1. The number of hydrogen-bond donors (Lipinski definition) is 1. The van der Waals surface area contributed by atoms with Gasteiger partial charge >= 0.3 is 0 Å². The minimum Gasteiger partial charge on any atom is -0.383 e. The van der Waals surface area contributed by atoms with Crippen LogP contribution in [-0.2, 0) is 0 Å². The highest BCUT2D eigenvalue weighted by atomic mass is 79.9. The molecule has 6 heteroatoms. The lowest BCUT2D eigenvalue weighted by molar-refractivity contribution is 1.03. The Balaban J connectivity index is 2.35. The Morgan fingerprint density at radius 2 is 1.94 bits per heavy atom. The van der Waals surface area contributed by atoms with Crippen molar-refractivity contribution in [3.05, 3.63) is 40.5 Å². The molecule has 0 atom stereocenters. The molecule has 90 valence electrons. The molecule has 0 bridgehead atoms. The van der Waals surface area contributed by atoms with Crippen LogP contribution in [-0.4, -0.2) is 17.0 Å². The highest BCUT2D eigenvalue weighted by Gasteiger charge is 2.08. The zero-order valence-electron chi connectivity index (χ0n) is 9.63. The van der Waals surface area contributed by atoms with Crippen LogP contribution in [0.2, 0.25) is 0 Å². The summed E-state index contributed by atoms with van der Waals surface area (Å²) >= 11 is 3.28. The Kier molecular flexibility index (Phi) is 3.44. The van der Waals surface area contributed by atoms with Crippen molar-refractivity contribution in [2.24, 2.45) is 0 Å². The third-order valence-corrected chi connectivity index (χ3v) is 2.79. The SMILES string of the molecule is CN(c1ccc(C#N)cc1)c1nc(N)cc(Br)n1. The van der Waals surface area contributed by atoms with Gasteiger partial charge in [0.1, 0.15) is 10.4 Å². The number of anilines is 3. The molecule has 18 heavy (non-hydrogen) atoms. The maximum atomic E-state index is 8.75. The standard InChI is InChI=1S/C12H10BrN5/c1-18(9-4-2-8(7-14)3-5-9)12-16-10(13)6-11(15)17-12/h2-6H,1H3,(H2,15,16,17). The fraction of sp³-hybridized carbons (Fsp3) is 0.0833. The fourth-order valence-electron chi connectivity index (χ4n) is 1.45. The lowest BCUT2D eigenvalue weighted by atomic mass is 10.2. The molecule has 0 aliphatic rings. The van der Waals surface area contributed by atoms with Gasteiger partial charge in [0.05, 0.1) is 11.6 Å². The van der Waals surface area contributed by atoms with E-state index < -0.39 is 0 Å². The van der Waals surface area contributed by atoms with E-state index in [2.05, 4.69) is 32.0 Å². The van der Waals surface area contributed by atoms with Crippen molar-refractivity contribution in [2.75, 3.05) is 17.7 Å². The van der Waals surface area contributed by atoms with E-state index in [1.165, 1.54) is 0 Å². The molecule has 0 aliphatic carbocycles. The van der Waals surface area contributed by atoms with Gasteiger partial charge in [-0.25, -0.2) is 4.98 Å². The molecule has 0 fully saturated rings. The van der Waals surface area contributed by atoms with Gasteiger partial charge in [-0.1, -0.05) is 0 Å². The van der Waals surface area contributed by atoms with Gasteiger partial charge in [0.2, 0.25) is 5.95 Å². The number of halogens is 1. The van der Waals surface area contributed by atoms with Gasteiger partial charge in [-0.15, -0.1) is 0 Å². The molecular formula is C12H10BrN5. The molecule has 2 aromatic rings. The van der Waals surface area contributed by atoms with Crippen LogP contribution in [0.1, 0.15) is 5.56 Å². The minimum absolute atomic E-state index is 0.396. The van der Waals surface area contributed by atoms with Crippen LogP contribution in [0.3, 0.4) is 0 Å². The lowest BCUT2D eigenvalue weighted by Gasteiger charge is -2.17. The predicted molar refractivity (Wildman–Crippen MR) is 73.4 cm³/mol. The Morgan fingerprint density at radius 1 is 1.28 bits per heavy atom. The van der Waals surface area contributed by atoms with Gasteiger partial charge in [-0.2, -0.15) is 10.2 Å². The molecular weight excluding hydrogens is 294 g/mol. The zero-order chi connectivity index (χ0) is 13.1. The van der Waals surface area contributed by atoms with E-state index in [-0.39, 0.29) is 0 Å². The van der Waals surface area contributed by atoms with E-state index in [9.17, 15) is 0 Å². The first kappa shape index (κ1) is 12.3. The number of nitriles is 1. The van der Waals surface area contributed by atoms with Crippen molar-refractivity contribution in [3.8, 4) is 6.07 Å². The molecule has 1 aromatic carbocycles. The summed E-state index contributed by atoms with van der Waals surface area (Å²) in [5, 5.41) is 8.75. The van der Waals surface area contributed by atoms with Crippen LogP contribution in [0.25, 0.3) is 0 Å². The van der Waals surface area contributed by atoms with Crippen molar-refractivity contribution >= 4 is 33.4 Å². The fourth-order valence-corrected chi connectivity index (χ4v) is 1.84. The number of hydrogen-bond acceptors (Lipinski definition) is 5. The number of nitrogens with zero attached hydrogens (tertiary/aromatic N) is 4. The van der Waals surface area contributed by atoms with E-state index in [1.807, 2.05) is 19.2 Å². The van der Waals surface area contributed by atoms with E-state index in [0.717, 1.165) is 5.69 Å². The highest BCUT2D eigenvalue weighted by Crippen LogP contribution is 2.22. The van der Waals surface area contributed by atoms with Gasteiger partial charge in [0.25, 0.3) is 0 Å². The molecule has 0 spiro atoms. The summed E-state index contributed by atoms with van der Waals surface area (Å²) < 4.78 is 0.630. The first-order chi connectivity index (χ1) is 8.60. The zero-order valence-corrected chi connectivity index (χ0v) is 11.2. The molecule has 0 saturated carbocycles. The Hall–Kier alpha value is -2.13. The summed E-state index contributed by atoms with van der Waals surface area (Å²) in [5.41, 5.74) is 7.16. The number of rotatable bonds is 2. The van der Waals surface area contributed by atoms with Gasteiger partial charge in [0.15, 0.2) is 0 Å². The van der Waals surface area contributed by atoms with E-state index in [0.29, 0.717) is 21.9 Å². The Labute approximate surface area is 113 Å². The Bertz CT molecular complexity index is 583. The summed E-state index contributed by atoms with van der Waals surface area (Å²) in [7, 11) is 1.84. The molecule has 0 radical (unpaired) electrons. The van der Waals surface area contributed by atoms with Crippen molar-refractivity contribution in [3.63, 3.8) is 0 Å². The molecule has 5 nitrogen and oxygen atoms in total. The Morgan fingerprint density at radius 3 is 2.50 bits per heavy atom. The molecule has 0 amide bonds. The summed E-state index contributed by atoms with van der Waals surface area (Å²) in [6.45, 7) is 0. The van der Waals surface area contributed by atoms with Crippen molar-refractivity contribution < 1.29 is 0 Å². The summed E-state index contributed by atoms with van der Waals surface area (Å²) in [6.07, 6.45) is 0. The average molecular weight is 304 g/mol. The second-order valence-corrected chi connectivity index (χ2v) is 4.45. The van der Waals surface area contributed by atoms with Crippen molar-refractivity contribution in [1.82, 2.24) is 9.97 Å². The molecule has 2 N–H and O–H groups in total. The summed E-state index contributed by atoms with van der Waals surface area (Å²) in [6, 6.07) is 10.9. The number of nitrogens with two attached hydrogens (primary N) is 1. The van der Waals surface area contributed by atoms with Gasteiger partial charge in [0, 0.05) is 18.8 Å². The van der Waals surface area contributed by atoms with E-state index in [4.69, 9.17) is 11.0 Å². The van der Waals surface area contributed by atoms with Crippen LogP contribution in [0, 0.1) is 11.3 Å². The number of aromatic nitrogens is 2. The second kappa shape index (κ2) is 5.02.